The molecule has 5 N–H and O–H groups in total. The fourth-order valence-corrected chi connectivity index (χ4v) is 4.56. The van der Waals surface area contributed by atoms with Gasteiger partial charge in [0.15, 0.2) is 0 Å². The van der Waals surface area contributed by atoms with Gasteiger partial charge in [0.2, 0.25) is 0 Å². The number of hydrogen-bond donors (Lipinski definition) is 5. The predicted molar refractivity (Wildman–Crippen MR) is 80.2 cm³/mol. The number of aliphatic hydroxyl groups excluding tert-OH is 4. The minimum absolute atomic E-state index is 0.0683. The summed E-state index contributed by atoms with van der Waals surface area (Å²) in [4.78, 5) is 11.7. The fourth-order valence-electron chi connectivity index (χ4n) is 4.56. The summed E-state index contributed by atoms with van der Waals surface area (Å²) in [6.45, 7) is 4.70. The molecule has 132 valence electrons. The zero-order valence-corrected chi connectivity index (χ0v) is 13.5. The maximum Gasteiger partial charge on any atom is 0.333 e. The predicted octanol–water partition coefficient (Wildman–Crippen LogP) is -1.04. The standard InChI is InChI=1S/C16H26O7/c1-8(14(21)23-3)11-9(18)6-15(2)10(19)4-5-16(22,7-17)13(15)12(11)20/h9-13,17-20,22H,1,4-7H2,2-3H3/t9-,10+,11+,12-,13-,15+,16-/m1/s1. The van der Waals surface area contributed by atoms with E-state index in [1.807, 2.05) is 0 Å². The van der Waals surface area contributed by atoms with Crippen LogP contribution in [0.3, 0.4) is 0 Å². The average Bonchev–Trinajstić information content (AvgIpc) is 2.49. The second kappa shape index (κ2) is 6.14. The zero-order chi connectivity index (χ0) is 17.6. The first-order chi connectivity index (χ1) is 10.6. The van der Waals surface area contributed by atoms with Crippen LogP contribution in [-0.2, 0) is 9.53 Å². The molecule has 0 unspecified atom stereocenters. The molecule has 0 aromatic heterocycles. The van der Waals surface area contributed by atoms with Crippen LogP contribution in [0.2, 0.25) is 0 Å². The van der Waals surface area contributed by atoms with Crippen LogP contribution < -0.4 is 0 Å². The van der Waals surface area contributed by atoms with Crippen molar-refractivity contribution in [3.8, 4) is 0 Å². The van der Waals surface area contributed by atoms with Crippen molar-refractivity contribution in [1.29, 1.82) is 0 Å². The van der Waals surface area contributed by atoms with Crippen LogP contribution in [0.1, 0.15) is 26.2 Å². The molecule has 7 nitrogen and oxygen atoms in total. The molecule has 0 aromatic rings. The van der Waals surface area contributed by atoms with Gasteiger partial charge in [-0.05, 0) is 19.3 Å². The Morgan fingerprint density at radius 3 is 2.48 bits per heavy atom. The highest BCUT2D eigenvalue weighted by molar-refractivity contribution is 5.88. The van der Waals surface area contributed by atoms with Crippen molar-refractivity contribution >= 4 is 5.97 Å². The molecule has 0 aliphatic heterocycles. The molecule has 0 saturated heterocycles. The molecule has 0 heterocycles. The van der Waals surface area contributed by atoms with Crippen LogP contribution in [0, 0.1) is 17.3 Å². The number of aliphatic hydroxyl groups is 5. The molecule has 2 aliphatic rings. The van der Waals surface area contributed by atoms with Crippen molar-refractivity contribution in [2.75, 3.05) is 13.7 Å². The van der Waals surface area contributed by atoms with Gasteiger partial charge in [0.1, 0.15) is 0 Å². The van der Waals surface area contributed by atoms with Crippen molar-refractivity contribution in [2.45, 2.75) is 50.1 Å². The molecule has 0 spiro atoms. The summed E-state index contributed by atoms with van der Waals surface area (Å²) >= 11 is 0. The Morgan fingerprint density at radius 1 is 1.35 bits per heavy atom. The van der Waals surface area contributed by atoms with E-state index >= 15 is 0 Å². The molecular formula is C16H26O7. The molecule has 0 aromatic carbocycles. The van der Waals surface area contributed by atoms with Crippen molar-refractivity contribution in [2.24, 2.45) is 17.3 Å². The SMILES string of the molecule is C=C(C(=O)OC)[C@@H]1[C@@H](O)[C@H]2[C@](O)(CO)CC[C@H](O)[C@]2(C)C[C@H]1O. The lowest BCUT2D eigenvalue weighted by Gasteiger charge is -2.59. The first kappa shape index (κ1) is 18.4. The second-order valence-electron chi connectivity index (χ2n) is 7.10. The Balaban J connectivity index is 2.44. The quantitative estimate of drug-likeness (QED) is 0.330. The molecule has 0 bridgehead atoms. The second-order valence-corrected chi connectivity index (χ2v) is 7.10. The molecular weight excluding hydrogens is 304 g/mol. The Kier molecular flexibility index (Phi) is 4.90. The van der Waals surface area contributed by atoms with E-state index in [4.69, 9.17) is 0 Å². The van der Waals surface area contributed by atoms with Crippen LogP contribution in [0.4, 0.5) is 0 Å². The van der Waals surface area contributed by atoms with E-state index < -0.39 is 53.7 Å². The van der Waals surface area contributed by atoms with E-state index in [0.717, 1.165) is 0 Å². The van der Waals surface area contributed by atoms with E-state index in [1.165, 1.54) is 7.11 Å². The van der Waals surface area contributed by atoms with E-state index in [-0.39, 0.29) is 24.8 Å². The van der Waals surface area contributed by atoms with Crippen LogP contribution in [0.25, 0.3) is 0 Å². The summed E-state index contributed by atoms with van der Waals surface area (Å²) in [7, 11) is 1.17. The highest BCUT2D eigenvalue weighted by Gasteiger charge is 2.63. The number of ether oxygens (including phenoxy) is 1. The van der Waals surface area contributed by atoms with Gasteiger partial charge in [-0.15, -0.1) is 0 Å². The largest absolute Gasteiger partial charge is 0.466 e. The smallest absolute Gasteiger partial charge is 0.333 e. The summed E-state index contributed by atoms with van der Waals surface area (Å²) in [6.07, 6.45) is -2.85. The molecule has 0 radical (unpaired) electrons. The van der Waals surface area contributed by atoms with Gasteiger partial charge in [0.25, 0.3) is 0 Å². The van der Waals surface area contributed by atoms with Gasteiger partial charge in [0.05, 0.1) is 37.6 Å². The highest BCUT2D eigenvalue weighted by Crippen LogP contribution is 2.56. The normalized spacial score (nSPS) is 46.8. The van der Waals surface area contributed by atoms with Gasteiger partial charge >= 0.3 is 5.97 Å². The summed E-state index contributed by atoms with van der Waals surface area (Å²) in [6, 6.07) is 0. The highest BCUT2D eigenvalue weighted by atomic mass is 16.5. The molecule has 7 heteroatoms. The van der Waals surface area contributed by atoms with Crippen molar-refractivity contribution in [3.05, 3.63) is 12.2 Å². The lowest BCUT2D eigenvalue weighted by atomic mass is 9.50. The van der Waals surface area contributed by atoms with Crippen LogP contribution in [0.5, 0.6) is 0 Å². The lowest BCUT2D eigenvalue weighted by molar-refractivity contribution is -0.246. The van der Waals surface area contributed by atoms with Gasteiger partial charge in [-0.25, -0.2) is 4.79 Å². The van der Waals surface area contributed by atoms with E-state index in [0.29, 0.717) is 0 Å². The van der Waals surface area contributed by atoms with Gasteiger partial charge in [-0.1, -0.05) is 13.5 Å². The molecule has 2 fully saturated rings. The van der Waals surface area contributed by atoms with Crippen LogP contribution in [0.15, 0.2) is 12.2 Å². The molecule has 2 rings (SSSR count). The Bertz CT molecular complexity index is 493. The maximum absolute atomic E-state index is 11.7. The number of fused-ring (bicyclic) bond motifs is 1. The Hall–Kier alpha value is -0.990. The minimum atomic E-state index is -1.60. The van der Waals surface area contributed by atoms with Crippen molar-refractivity contribution in [3.63, 3.8) is 0 Å². The molecule has 0 amide bonds. The van der Waals surface area contributed by atoms with Gasteiger partial charge < -0.3 is 30.3 Å². The first-order valence-corrected chi connectivity index (χ1v) is 7.77. The summed E-state index contributed by atoms with van der Waals surface area (Å²) in [5.74, 6) is -2.68. The summed E-state index contributed by atoms with van der Waals surface area (Å²) in [5.41, 5.74) is -2.67. The number of carbonyl (C=O) groups excluding carboxylic acids is 1. The maximum atomic E-state index is 11.7. The van der Waals surface area contributed by atoms with Gasteiger partial charge in [0, 0.05) is 22.8 Å². The summed E-state index contributed by atoms with van der Waals surface area (Å²) in [5, 5.41) is 52.0. The number of hydrogen-bond acceptors (Lipinski definition) is 7. The average molecular weight is 330 g/mol. The van der Waals surface area contributed by atoms with Crippen molar-refractivity contribution < 1.29 is 35.1 Å². The number of rotatable bonds is 3. The van der Waals surface area contributed by atoms with Gasteiger partial charge in [-0.3, -0.25) is 0 Å². The molecule has 2 saturated carbocycles. The van der Waals surface area contributed by atoms with Gasteiger partial charge in [-0.2, -0.15) is 0 Å². The third kappa shape index (κ3) is 2.70. The molecule has 2 aliphatic carbocycles. The Morgan fingerprint density at radius 2 is 1.96 bits per heavy atom. The third-order valence-corrected chi connectivity index (χ3v) is 5.80. The van der Waals surface area contributed by atoms with E-state index in [9.17, 15) is 30.3 Å². The zero-order valence-electron chi connectivity index (χ0n) is 13.5. The monoisotopic (exact) mass is 330 g/mol. The van der Waals surface area contributed by atoms with E-state index in [2.05, 4.69) is 11.3 Å². The third-order valence-electron chi connectivity index (χ3n) is 5.80. The van der Waals surface area contributed by atoms with Crippen molar-refractivity contribution in [1.82, 2.24) is 0 Å². The number of carbonyl (C=O) groups is 1. The molecule has 7 atom stereocenters. The number of methoxy groups -OCH3 is 1. The lowest BCUT2D eigenvalue weighted by Crippen LogP contribution is -2.67. The number of esters is 1. The first-order valence-electron chi connectivity index (χ1n) is 7.77. The minimum Gasteiger partial charge on any atom is -0.466 e. The molecule has 23 heavy (non-hydrogen) atoms. The fraction of sp³-hybridized carbons (Fsp3) is 0.812. The topological polar surface area (TPSA) is 127 Å². The summed E-state index contributed by atoms with van der Waals surface area (Å²) < 4.78 is 4.60. The van der Waals surface area contributed by atoms with Crippen LogP contribution >= 0.6 is 0 Å². The van der Waals surface area contributed by atoms with Crippen LogP contribution in [-0.4, -0.2) is 69.1 Å². The Labute approximate surface area is 135 Å². The van der Waals surface area contributed by atoms with E-state index in [1.54, 1.807) is 6.92 Å².